The van der Waals surface area contributed by atoms with Crippen molar-refractivity contribution in [1.82, 2.24) is 5.32 Å². The number of hydrogen-bond acceptors (Lipinski definition) is 2. The van der Waals surface area contributed by atoms with Gasteiger partial charge in [0.25, 0.3) is 0 Å². The lowest BCUT2D eigenvalue weighted by atomic mass is 9.71. The van der Waals surface area contributed by atoms with E-state index >= 15 is 0 Å². The van der Waals surface area contributed by atoms with Crippen molar-refractivity contribution in [3.05, 3.63) is 0 Å². The Bertz CT molecular complexity index is 140. The second-order valence-electron chi connectivity index (χ2n) is 4.05. The van der Waals surface area contributed by atoms with E-state index < -0.39 is 0 Å². The third-order valence-electron chi connectivity index (χ3n) is 3.39. The van der Waals surface area contributed by atoms with Gasteiger partial charge in [0.2, 0.25) is 0 Å². The summed E-state index contributed by atoms with van der Waals surface area (Å²) in [7, 11) is 0. The maximum absolute atomic E-state index is 9.82. The molecule has 2 N–H and O–H groups in total. The molecule has 11 heavy (non-hydrogen) atoms. The summed E-state index contributed by atoms with van der Waals surface area (Å²) in [5.41, 5.74) is 0.276. The fourth-order valence-corrected chi connectivity index (χ4v) is 2.55. The van der Waals surface area contributed by atoms with Gasteiger partial charge in [0.15, 0.2) is 0 Å². The zero-order chi connectivity index (χ0) is 7.73. The molecule has 1 spiro atoms. The highest BCUT2D eigenvalue weighted by molar-refractivity contribution is 4.95. The van der Waals surface area contributed by atoms with Crippen LogP contribution in [0.5, 0.6) is 0 Å². The van der Waals surface area contributed by atoms with Crippen molar-refractivity contribution in [3.8, 4) is 0 Å². The second-order valence-corrected chi connectivity index (χ2v) is 4.05. The molecule has 1 aliphatic carbocycles. The van der Waals surface area contributed by atoms with E-state index in [0.717, 1.165) is 19.5 Å². The molecule has 1 heterocycles. The van der Waals surface area contributed by atoms with E-state index in [-0.39, 0.29) is 11.5 Å². The molecule has 64 valence electrons. The molecule has 2 atom stereocenters. The van der Waals surface area contributed by atoms with Crippen LogP contribution in [-0.4, -0.2) is 24.3 Å². The molecule has 2 fully saturated rings. The summed E-state index contributed by atoms with van der Waals surface area (Å²) in [5.74, 6) is 0. The van der Waals surface area contributed by atoms with Gasteiger partial charge in [-0.15, -0.1) is 0 Å². The Hall–Kier alpha value is -0.0800. The van der Waals surface area contributed by atoms with Crippen molar-refractivity contribution >= 4 is 0 Å². The van der Waals surface area contributed by atoms with Gasteiger partial charge in [-0.05, 0) is 25.8 Å². The van der Waals surface area contributed by atoms with E-state index in [1.54, 1.807) is 0 Å². The largest absolute Gasteiger partial charge is 0.392 e. The van der Waals surface area contributed by atoms with Crippen molar-refractivity contribution in [1.29, 1.82) is 0 Å². The predicted octanol–water partition coefficient (Wildman–Crippen LogP) is 0.901. The summed E-state index contributed by atoms with van der Waals surface area (Å²) in [5, 5.41) is 13.2. The zero-order valence-electron chi connectivity index (χ0n) is 6.97. The van der Waals surface area contributed by atoms with Gasteiger partial charge in [-0.2, -0.15) is 0 Å². The van der Waals surface area contributed by atoms with Gasteiger partial charge in [0, 0.05) is 12.0 Å². The highest BCUT2D eigenvalue weighted by Crippen LogP contribution is 2.40. The quantitative estimate of drug-likeness (QED) is 0.545. The predicted molar refractivity (Wildman–Crippen MR) is 44.4 cm³/mol. The number of aliphatic hydroxyl groups is 1. The monoisotopic (exact) mass is 155 g/mol. The minimum atomic E-state index is -0.0220. The second kappa shape index (κ2) is 2.76. The van der Waals surface area contributed by atoms with Crippen molar-refractivity contribution in [2.45, 2.75) is 38.2 Å². The number of aliphatic hydroxyl groups excluding tert-OH is 1. The Balaban J connectivity index is 2.07. The third kappa shape index (κ3) is 1.18. The van der Waals surface area contributed by atoms with E-state index in [1.165, 1.54) is 25.7 Å². The fraction of sp³-hybridized carbons (Fsp3) is 1.00. The standard InChI is InChI=1S/C9H17NO/c11-8-3-1-2-4-9(8)5-6-10-7-9/h8,10-11H,1-7H2. The first-order valence-electron chi connectivity index (χ1n) is 4.72. The highest BCUT2D eigenvalue weighted by Gasteiger charge is 2.41. The van der Waals surface area contributed by atoms with Crippen LogP contribution >= 0.6 is 0 Å². The molecule has 0 bridgehead atoms. The molecule has 0 radical (unpaired) electrons. The first kappa shape index (κ1) is 7.56. The average molecular weight is 155 g/mol. The van der Waals surface area contributed by atoms with Crippen LogP contribution in [0.15, 0.2) is 0 Å². The molecule has 1 aliphatic heterocycles. The first-order valence-corrected chi connectivity index (χ1v) is 4.72. The summed E-state index contributed by atoms with van der Waals surface area (Å²) in [6.45, 7) is 2.16. The van der Waals surface area contributed by atoms with Gasteiger partial charge in [0.1, 0.15) is 0 Å². The minimum absolute atomic E-state index is 0.0220. The molecule has 1 saturated carbocycles. The van der Waals surface area contributed by atoms with Gasteiger partial charge in [-0.3, -0.25) is 0 Å². The minimum Gasteiger partial charge on any atom is -0.392 e. The van der Waals surface area contributed by atoms with E-state index in [0.29, 0.717) is 0 Å². The number of nitrogens with one attached hydrogen (secondary N) is 1. The Kier molecular flexibility index (Phi) is 1.90. The van der Waals surface area contributed by atoms with Gasteiger partial charge in [0.05, 0.1) is 6.10 Å². The SMILES string of the molecule is OC1CCCCC12CCNC2. The third-order valence-corrected chi connectivity index (χ3v) is 3.39. The summed E-state index contributed by atoms with van der Waals surface area (Å²) in [6, 6.07) is 0. The topological polar surface area (TPSA) is 32.3 Å². The molecule has 2 unspecified atom stereocenters. The Morgan fingerprint density at radius 2 is 2.18 bits per heavy atom. The van der Waals surface area contributed by atoms with Crippen molar-refractivity contribution in [3.63, 3.8) is 0 Å². The summed E-state index contributed by atoms with van der Waals surface area (Å²) < 4.78 is 0. The van der Waals surface area contributed by atoms with Crippen LogP contribution in [0.3, 0.4) is 0 Å². The zero-order valence-corrected chi connectivity index (χ0v) is 6.97. The first-order chi connectivity index (χ1) is 5.33. The molecule has 0 amide bonds. The van der Waals surface area contributed by atoms with Gasteiger partial charge < -0.3 is 10.4 Å². The lowest BCUT2D eigenvalue weighted by molar-refractivity contribution is 0.00179. The van der Waals surface area contributed by atoms with Crippen LogP contribution in [0.25, 0.3) is 0 Å². The van der Waals surface area contributed by atoms with Crippen LogP contribution in [0.4, 0.5) is 0 Å². The summed E-state index contributed by atoms with van der Waals surface area (Å²) in [6.07, 6.45) is 5.98. The Morgan fingerprint density at radius 1 is 1.27 bits per heavy atom. The lowest BCUT2D eigenvalue weighted by Gasteiger charge is -2.37. The van der Waals surface area contributed by atoms with Crippen molar-refractivity contribution in [2.24, 2.45) is 5.41 Å². The van der Waals surface area contributed by atoms with Crippen LogP contribution < -0.4 is 5.32 Å². The number of hydrogen-bond donors (Lipinski definition) is 2. The summed E-state index contributed by atoms with van der Waals surface area (Å²) in [4.78, 5) is 0. The normalized spacial score (nSPS) is 45.0. The fourth-order valence-electron chi connectivity index (χ4n) is 2.55. The van der Waals surface area contributed by atoms with Crippen molar-refractivity contribution in [2.75, 3.05) is 13.1 Å². The van der Waals surface area contributed by atoms with E-state index in [2.05, 4.69) is 5.32 Å². The average Bonchev–Trinajstić information content (AvgIpc) is 2.46. The van der Waals surface area contributed by atoms with Crippen LogP contribution in [-0.2, 0) is 0 Å². The Labute approximate surface area is 68.0 Å². The molecule has 2 rings (SSSR count). The molecule has 2 aliphatic rings. The maximum Gasteiger partial charge on any atom is 0.0609 e. The number of rotatable bonds is 0. The highest BCUT2D eigenvalue weighted by atomic mass is 16.3. The molecule has 2 heteroatoms. The molecule has 1 saturated heterocycles. The van der Waals surface area contributed by atoms with Gasteiger partial charge in [-0.1, -0.05) is 12.8 Å². The molecule has 2 nitrogen and oxygen atoms in total. The molecule has 0 aromatic rings. The lowest BCUT2D eigenvalue weighted by Crippen LogP contribution is -2.39. The van der Waals surface area contributed by atoms with E-state index in [1.807, 2.05) is 0 Å². The molecular weight excluding hydrogens is 138 g/mol. The molecular formula is C9H17NO. The molecule has 0 aromatic carbocycles. The molecule has 0 aromatic heterocycles. The smallest absolute Gasteiger partial charge is 0.0609 e. The van der Waals surface area contributed by atoms with Crippen molar-refractivity contribution < 1.29 is 5.11 Å². The summed E-state index contributed by atoms with van der Waals surface area (Å²) >= 11 is 0. The van der Waals surface area contributed by atoms with Crippen LogP contribution in [0.1, 0.15) is 32.1 Å². The van der Waals surface area contributed by atoms with Gasteiger partial charge >= 0.3 is 0 Å². The van der Waals surface area contributed by atoms with Crippen LogP contribution in [0.2, 0.25) is 0 Å². The van der Waals surface area contributed by atoms with Gasteiger partial charge in [-0.25, -0.2) is 0 Å². The van der Waals surface area contributed by atoms with E-state index in [9.17, 15) is 5.11 Å². The maximum atomic E-state index is 9.82. The van der Waals surface area contributed by atoms with Crippen LogP contribution in [0, 0.1) is 5.41 Å². The van der Waals surface area contributed by atoms with E-state index in [4.69, 9.17) is 0 Å². The Morgan fingerprint density at radius 3 is 2.82 bits per heavy atom.